The molecular formula is C75H128O6. The summed E-state index contributed by atoms with van der Waals surface area (Å²) < 4.78 is 16.9. The van der Waals surface area contributed by atoms with Gasteiger partial charge in [-0.3, -0.25) is 14.4 Å². The zero-order valence-corrected chi connectivity index (χ0v) is 53.3. The number of ether oxygens (including phenoxy) is 3. The molecule has 0 N–H and O–H groups in total. The van der Waals surface area contributed by atoms with Crippen LogP contribution in [-0.2, 0) is 28.6 Å². The van der Waals surface area contributed by atoms with Crippen LogP contribution in [0, 0.1) is 0 Å². The Bertz CT molecular complexity index is 1620. The van der Waals surface area contributed by atoms with Gasteiger partial charge in [0, 0.05) is 19.3 Å². The lowest BCUT2D eigenvalue weighted by Crippen LogP contribution is -2.30. The van der Waals surface area contributed by atoms with E-state index in [1.165, 1.54) is 161 Å². The number of rotatable bonds is 62. The van der Waals surface area contributed by atoms with Gasteiger partial charge in [0.1, 0.15) is 13.2 Å². The molecule has 0 aliphatic carbocycles. The monoisotopic (exact) mass is 1120 g/mol. The second-order valence-electron chi connectivity index (χ2n) is 22.7. The zero-order chi connectivity index (χ0) is 58.5. The molecule has 0 aromatic heterocycles. The van der Waals surface area contributed by atoms with Gasteiger partial charge in [0.2, 0.25) is 0 Å². The number of unbranched alkanes of at least 4 members (excludes halogenated alkanes) is 33. The third-order valence-electron chi connectivity index (χ3n) is 14.7. The topological polar surface area (TPSA) is 78.9 Å². The summed E-state index contributed by atoms with van der Waals surface area (Å²) in [6.07, 6.45) is 94.0. The molecule has 0 bridgehead atoms. The van der Waals surface area contributed by atoms with Crippen LogP contribution in [0.2, 0.25) is 0 Å². The number of carbonyl (C=O) groups is 3. The van der Waals surface area contributed by atoms with Gasteiger partial charge in [-0.1, -0.05) is 297 Å². The Morgan fingerprint density at radius 3 is 0.802 bits per heavy atom. The molecule has 6 nitrogen and oxygen atoms in total. The highest BCUT2D eigenvalue weighted by atomic mass is 16.6. The smallest absolute Gasteiger partial charge is 0.306 e. The maximum absolute atomic E-state index is 12.9. The van der Waals surface area contributed by atoms with Crippen molar-refractivity contribution in [1.29, 1.82) is 0 Å². The maximum atomic E-state index is 12.9. The van der Waals surface area contributed by atoms with Crippen LogP contribution in [0.4, 0.5) is 0 Å². The van der Waals surface area contributed by atoms with Crippen LogP contribution in [0.15, 0.2) is 109 Å². The van der Waals surface area contributed by atoms with Crippen LogP contribution in [0.25, 0.3) is 0 Å². The van der Waals surface area contributed by atoms with Crippen LogP contribution >= 0.6 is 0 Å². The van der Waals surface area contributed by atoms with E-state index in [0.717, 1.165) is 128 Å². The van der Waals surface area contributed by atoms with E-state index in [2.05, 4.69) is 130 Å². The van der Waals surface area contributed by atoms with Crippen molar-refractivity contribution in [3.63, 3.8) is 0 Å². The normalized spacial score (nSPS) is 12.8. The molecule has 0 heterocycles. The second-order valence-corrected chi connectivity index (χ2v) is 22.7. The van der Waals surface area contributed by atoms with Gasteiger partial charge in [-0.25, -0.2) is 0 Å². The summed E-state index contributed by atoms with van der Waals surface area (Å²) in [6, 6.07) is 0. The molecule has 0 saturated carbocycles. The van der Waals surface area contributed by atoms with Gasteiger partial charge in [0.25, 0.3) is 0 Å². The van der Waals surface area contributed by atoms with Gasteiger partial charge in [-0.2, -0.15) is 0 Å². The second kappa shape index (κ2) is 68.6. The van der Waals surface area contributed by atoms with E-state index < -0.39 is 6.10 Å². The molecule has 6 heteroatoms. The Kier molecular flexibility index (Phi) is 65.2. The Labute approximate surface area is 501 Å². The molecule has 0 aliphatic rings. The lowest BCUT2D eigenvalue weighted by molar-refractivity contribution is -0.167. The number of allylic oxidation sites excluding steroid dienone is 18. The largest absolute Gasteiger partial charge is 0.462 e. The van der Waals surface area contributed by atoms with Gasteiger partial charge >= 0.3 is 17.9 Å². The summed E-state index contributed by atoms with van der Waals surface area (Å²) in [4.78, 5) is 38.3. The van der Waals surface area contributed by atoms with Gasteiger partial charge in [0.15, 0.2) is 6.10 Å². The van der Waals surface area contributed by atoms with Crippen LogP contribution < -0.4 is 0 Å². The van der Waals surface area contributed by atoms with Crippen molar-refractivity contribution >= 4 is 17.9 Å². The Morgan fingerprint density at radius 2 is 0.494 bits per heavy atom. The van der Waals surface area contributed by atoms with E-state index in [1.54, 1.807) is 0 Å². The quantitative estimate of drug-likeness (QED) is 0.0261. The van der Waals surface area contributed by atoms with E-state index >= 15 is 0 Å². The van der Waals surface area contributed by atoms with Crippen molar-refractivity contribution in [3.8, 4) is 0 Å². The van der Waals surface area contributed by atoms with E-state index in [1.807, 2.05) is 0 Å². The molecule has 0 radical (unpaired) electrons. The first-order valence-corrected chi connectivity index (χ1v) is 34.4. The standard InChI is InChI=1S/C75H128O6/c1-4-7-10-13-16-19-22-24-26-28-30-32-34-36-37-39-40-42-44-46-48-50-53-56-59-62-65-68-74(77)80-71-72(70-79-73(76)67-64-61-58-55-52-21-18-15-12-9-6-3)81-75(78)69-66-63-60-57-54-51-49-47-45-43-41-38-35-33-31-29-27-25-23-20-17-14-11-8-5-2/h7,10,15-16,18-19,24,26,29-32,36-37,40,42,46,48,72H,4-6,8-9,11-14,17,20-23,25,27-28,33-35,38-39,41,43-45,47,49-71H2,1-3H3/b10-7-,18-15-,19-16-,26-24-,31-29-,32-30-,37-36-,42-40-,48-46-. The molecule has 0 saturated heterocycles. The van der Waals surface area contributed by atoms with E-state index in [9.17, 15) is 14.4 Å². The minimum Gasteiger partial charge on any atom is -0.462 e. The summed E-state index contributed by atoms with van der Waals surface area (Å²) in [5.74, 6) is -0.907. The van der Waals surface area contributed by atoms with Crippen molar-refractivity contribution in [2.45, 2.75) is 335 Å². The summed E-state index contributed by atoms with van der Waals surface area (Å²) >= 11 is 0. The Hall–Kier alpha value is -3.93. The van der Waals surface area contributed by atoms with Crippen molar-refractivity contribution < 1.29 is 28.6 Å². The molecule has 0 fully saturated rings. The summed E-state index contributed by atoms with van der Waals surface area (Å²) in [5, 5.41) is 0. The average molecular weight is 1130 g/mol. The number of hydrogen-bond acceptors (Lipinski definition) is 6. The van der Waals surface area contributed by atoms with E-state index in [0.29, 0.717) is 19.3 Å². The third-order valence-corrected chi connectivity index (χ3v) is 14.7. The first-order chi connectivity index (χ1) is 40.0. The molecular weight excluding hydrogens is 997 g/mol. The van der Waals surface area contributed by atoms with Crippen molar-refractivity contribution in [1.82, 2.24) is 0 Å². The first kappa shape index (κ1) is 77.1. The summed E-state index contributed by atoms with van der Waals surface area (Å²) in [5.41, 5.74) is 0. The molecule has 0 amide bonds. The third kappa shape index (κ3) is 66.8. The van der Waals surface area contributed by atoms with E-state index in [-0.39, 0.29) is 31.1 Å². The minimum atomic E-state index is -0.792. The lowest BCUT2D eigenvalue weighted by Gasteiger charge is -2.18. The molecule has 1 unspecified atom stereocenters. The number of hydrogen-bond donors (Lipinski definition) is 0. The predicted molar refractivity (Wildman–Crippen MR) is 353 cm³/mol. The summed E-state index contributed by atoms with van der Waals surface area (Å²) in [7, 11) is 0. The average Bonchev–Trinajstić information content (AvgIpc) is 3.47. The highest BCUT2D eigenvalue weighted by Crippen LogP contribution is 2.16. The Balaban J connectivity index is 4.30. The molecule has 0 aromatic rings. The SMILES string of the molecule is CC/C=C\C/C=C\C/C=C\C/C=C\C/C=C\C/C=C\C/C=C\CCCCCCCC(=O)OCC(COC(=O)CCCCCCC/C=C\CCCC)OC(=O)CCCCCCCCCCCCCCC/C=C\CCCCCCCCCC. The molecule has 0 spiro atoms. The number of carbonyl (C=O) groups excluding carboxylic acids is 3. The predicted octanol–water partition coefficient (Wildman–Crippen LogP) is 23.8. The zero-order valence-electron chi connectivity index (χ0n) is 53.3. The van der Waals surface area contributed by atoms with Gasteiger partial charge in [0.05, 0.1) is 0 Å². The highest BCUT2D eigenvalue weighted by Gasteiger charge is 2.19. The van der Waals surface area contributed by atoms with Crippen LogP contribution in [0.1, 0.15) is 329 Å². The molecule has 464 valence electrons. The van der Waals surface area contributed by atoms with Crippen molar-refractivity contribution in [2.24, 2.45) is 0 Å². The lowest BCUT2D eigenvalue weighted by atomic mass is 10.0. The summed E-state index contributed by atoms with van der Waals surface area (Å²) in [6.45, 7) is 6.49. The van der Waals surface area contributed by atoms with Gasteiger partial charge in [-0.05, 0) is 122 Å². The van der Waals surface area contributed by atoms with Gasteiger partial charge in [-0.15, -0.1) is 0 Å². The molecule has 0 aromatic carbocycles. The van der Waals surface area contributed by atoms with Crippen molar-refractivity contribution in [3.05, 3.63) is 109 Å². The van der Waals surface area contributed by atoms with Gasteiger partial charge < -0.3 is 14.2 Å². The van der Waals surface area contributed by atoms with E-state index in [4.69, 9.17) is 14.2 Å². The van der Waals surface area contributed by atoms with Crippen LogP contribution in [0.5, 0.6) is 0 Å². The van der Waals surface area contributed by atoms with Crippen molar-refractivity contribution in [2.75, 3.05) is 13.2 Å². The fourth-order valence-electron chi connectivity index (χ4n) is 9.58. The van der Waals surface area contributed by atoms with Crippen LogP contribution in [0.3, 0.4) is 0 Å². The first-order valence-electron chi connectivity index (χ1n) is 34.4. The molecule has 81 heavy (non-hydrogen) atoms. The number of esters is 3. The molecule has 0 rings (SSSR count). The molecule has 1 atom stereocenters. The fourth-order valence-corrected chi connectivity index (χ4v) is 9.58. The maximum Gasteiger partial charge on any atom is 0.306 e. The Morgan fingerprint density at radius 1 is 0.259 bits per heavy atom. The minimum absolute atomic E-state index is 0.0882. The van der Waals surface area contributed by atoms with Crippen LogP contribution in [-0.4, -0.2) is 37.2 Å². The molecule has 0 aliphatic heterocycles. The fraction of sp³-hybridized carbons (Fsp3) is 0.720. The highest BCUT2D eigenvalue weighted by molar-refractivity contribution is 5.71.